The largest absolute Gasteiger partial charge is 0.369 e. The average molecular weight is 256 g/mol. The molecule has 0 unspecified atom stereocenters. The van der Waals surface area contributed by atoms with Crippen molar-refractivity contribution >= 4 is 21.6 Å². The summed E-state index contributed by atoms with van der Waals surface area (Å²) in [5.41, 5.74) is 6.10. The van der Waals surface area contributed by atoms with Crippen LogP contribution in [0.15, 0.2) is 24.3 Å². The molecule has 0 bridgehead atoms. The minimum Gasteiger partial charge on any atom is -0.369 e. The summed E-state index contributed by atoms with van der Waals surface area (Å²) < 4.78 is 25.7. The lowest BCUT2D eigenvalue weighted by Crippen LogP contribution is -2.19. The van der Waals surface area contributed by atoms with Crippen LogP contribution >= 0.6 is 0 Å². The van der Waals surface area contributed by atoms with E-state index in [-0.39, 0.29) is 12.2 Å². The normalized spacial score (nSPS) is 11.1. The quantitative estimate of drug-likeness (QED) is 0.791. The molecule has 0 spiro atoms. The van der Waals surface area contributed by atoms with Crippen molar-refractivity contribution in [3.63, 3.8) is 0 Å². The molecule has 0 fully saturated rings. The second-order valence-corrected chi connectivity index (χ2v) is 5.56. The Morgan fingerprint density at radius 2 is 2.00 bits per heavy atom. The molecule has 0 atom stereocenters. The maximum atomic E-state index is 11.6. The van der Waals surface area contributed by atoms with E-state index in [0.29, 0.717) is 17.7 Å². The molecule has 1 amide bonds. The second-order valence-electron chi connectivity index (χ2n) is 3.72. The van der Waals surface area contributed by atoms with E-state index in [1.54, 1.807) is 31.2 Å². The van der Waals surface area contributed by atoms with Crippen molar-refractivity contribution in [1.29, 1.82) is 0 Å². The van der Waals surface area contributed by atoms with Crippen molar-refractivity contribution < 1.29 is 13.2 Å². The molecular formula is C11H16N2O3S. The third kappa shape index (κ3) is 4.44. The van der Waals surface area contributed by atoms with Gasteiger partial charge in [-0.15, -0.1) is 0 Å². The number of hydrogen-bond acceptors (Lipinski definition) is 3. The fourth-order valence-electron chi connectivity index (χ4n) is 1.45. The summed E-state index contributed by atoms with van der Waals surface area (Å²) in [4.78, 5) is 10.9. The summed E-state index contributed by atoms with van der Waals surface area (Å²) in [7, 11) is -3.35. The van der Waals surface area contributed by atoms with Gasteiger partial charge in [-0.3, -0.25) is 9.52 Å². The van der Waals surface area contributed by atoms with Gasteiger partial charge in [-0.1, -0.05) is 25.1 Å². The maximum Gasteiger partial charge on any atom is 0.232 e. The van der Waals surface area contributed by atoms with Gasteiger partial charge >= 0.3 is 0 Å². The van der Waals surface area contributed by atoms with Crippen LogP contribution in [0.2, 0.25) is 0 Å². The van der Waals surface area contributed by atoms with Gasteiger partial charge in [0.25, 0.3) is 0 Å². The Hall–Kier alpha value is -1.56. The third-order valence-corrected chi connectivity index (χ3v) is 3.60. The molecule has 0 saturated heterocycles. The van der Waals surface area contributed by atoms with Crippen LogP contribution in [-0.4, -0.2) is 20.1 Å². The molecule has 0 aromatic heterocycles. The molecule has 94 valence electrons. The highest BCUT2D eigenvalue weighted by atomic mass is 32.2. The Kier molecular flexibility index (Phi) is 4.51. The van der Waals surface area contributed by atoms with Crippen molar-refractivity contribution in [2.75, 3.05) is 10.5 Å². The third-order valence-electron chi connectivity index (χ3n) is 2.12. The monoisotopic (exact) mass is 256 g/mol. The first-order valence-electron chi connectivity index (χ1n) is 5.31. The van der Waals surface area contributed by atoms with Crippen molar-refractivity contribution in [3.8, 4) is 0 Å². The number of carbonyl (C=O) groups excluding carboxylic acids is 1. The number of nitrogens with one attached hydrogen (secondary N) is 1. The summed E-state index contributed by atoms with van der Waals surface area (Å²) in [6.07, 6.45) is 0.554. The summed E-state index contributed by atoms with van der Waals surface area (Å²) >= 11 is 0. The van der Waals surface area contributed by atoms with Gasteiger partial charge < -0.3 is 5.73 Å². The summed E-state index contributed by atoms with van der Waals surface area (Å²) in [5, 5.41) is 0. The highest BCUT2D eigenvalue weighted by molar-refractivity contribution is 7.92. The number of benzene rings is 1. The number of nitrogens with two attached hydrogens (primary N) is 1. The first-order chi connectivity index (χ1) is 7.94. The van der Waals surface area contributed by atoms with Crippen LogP contribution < -0.4 is 10.5 Å². The van der Waals surface area contributed by atoms with Gasteiger partial charge in [0.1, 0.15) is 0 Å². The number of sulfonamides is 1. The molecule has 6 heteroatoms. The van der Waals surface area contributed by atoms with Gasteiger partial charge in [-0.2, -0.15) is 0 Å². The fourth-order valence-corrected chi connectivity index (χ4v) is 2.62. The minimum atomic E-state index is -3.35. The highest BCUT2D eigenvalue weighted by Gasteiger charge is 2.12. The Morgan fingerprint density at radius 1 is 1.35 bits per heavy atom. The lowest BCUT2D eigenvalue weighted by Gasteiger charge is -2.10. The van der Waals surface area contributed by atoms with Crippen LogP contribution in [0.1, 0.15) is 18.9 Å². The summed E-state index contributed by atoms with van der Waals surface area (Å²) in [6.45, 7) is 1.79. The highest BCUT2D eigenvalue weighted by Crippen LogP contribution is 2.17. The molecule has 0 aliphatic heterocycles. The van der Waals surface area contributed by atoms with Crippen molar-refractivity contribution in [2.24, 2.45) is 5.73 Å². The molecular weight excluding hydrogens is 240 g/mol. The Morgan fingerprint density at radius 3 is 2.59 bits per heavy atom. The molecule has 1 aromatic carbocycles. The number of amides is 1. The fraction of sp³-hybridized carbons (Fsp3) is 0.364. The molecule has 1 rings (SSSR count). The zero-order chi connectivity index (χ0) is 12.9. The molecule has 17 heavy (non-hydrogen) atoms. The Labute approximate surface area is 101 Å². The van der Waals surface area contributed by atoms with Crippen LogP contribution in [0.4, 0.5) is 5.69 Å². The van der Waals surface area contributed by atoms with E-state index in [2.05, 4.69) is 4.72 Å². The number of carbonyl (C=O) groups is 1. The molecule has 0 aliphatic rings. The average Bonchev–Trinajstić information content (AvgIpc) is 2.19. The van der Waals surface area contributed by atoms with Gasteiger partial charge in [-0.05, 0) is 18.1 Å². The van der Waals surface area contributed by atoms with E-state index >= 15 is 0 Å². The molecule has 1 aromatic rings. The van der Waals surface area contributed by atoms with Gasteiger partial charge in [0.05, 0.1) is 17.9 Å². The summed E-state index contributed by atoms with van der Waals surface area (Å²) in [5.74, 6) is -0.440. The Balaban J connectivity index is 2.94. The smallest absolute Gasteiger partial charge is 0.232 e. The van der Waals surface area contributed by atoms with Gasteiger partial charge in [0.2, 0.25) is 15.9 Å². The Bertz CT molecular complexity index is 497. The SMILES string of the molecule is CCCS(=O)(=O)Nc1ccccc1CC(N)=O. The second kappa shape index (κ2) is 5.67. The van der Waals surface area contributed by atoms with Crippen LogP contribution in [0.3, 0.4) is 0 Å². The van der Waals surface area contributed by atoms with E-state index in [4.69, 9.17) is 5.73 Å². The first kappa shape index (κ1) is 13.5. The van der Waals surface area contributed by atoms with E-state index in [0.717, 1.165) is 0 Å². The number of primary amides is 1. The number of para-hydroxylation sites is 1. The van der Waals surface area contributed by atoms with Gasteiger partial charge in [-0.25, -0.2) is 8.42 Å². The molecule has 0 saturated carbocycles. The van der Waals surface area contributed by atoms with E-state index in [1.807, 2.05) is 0 Å². The van der Waals surface area contributed by atoms with Crippen LogP contribution in [-0.2, 0) is 21.2 Å². The molecule has 0 radical (unpaired) electrons. The van der Waals surface area contributed by atoms with Crippen molar-refractivity contribution in [2.45, 2.75) is 19.8 Å². The lowest BCUT2D eigenvalue weighted by molar-refractivity contribution is -0.117. The maximum absolute atomic E-state index is 11.6. The number of hydrogen-bond donors (Lipinski definition) is 2. The topological polar surface area (TPSA) is 89.3 Å². The molecule has 3 N–H and O–H groups in total. The predicted molar refractivity (Wildman–Crippen MR) is 67.0 cm³/mol. The van der Waals surface area contributed by atoms with Crippen LogP contribution in [0, 0.1) is 0 Å². The van der Waals surface area contributed by atoms with Crippen molar-refractivity contribution in [3.05, 3.63) is 29.8 Å². The molecule has 0 heterocycles. The standard InChI is InChI=1S/C11H16N2O3S/c1-2-7-17(15,16)13-10-6-4-3-5-9(10)8-11(12)14/h3-6,13H,2,7-8H2,1H3,(H2,12,14). The van der Waals surface area contributed by atoms with E-state index in [1.165, 1.54) is 0 Å². The van der Waals surface area contributed by atoms with Crippen LogP contribution in [0.5, 0.6) is 0 Å². The van der Waals surface area contributed by atoms with E-state index < -0.39 is 15.9 Å². The van der Waals surface area contributed by atoms with Gasteiger partial charge in [0.15, 0.2) is 0 Å². The summed E-state index contributed by atoms with van der Waals surface area (Å²) in [6, 6.07) is 6.73. The van der Waals surface area contributed by atoms with Crippen molar-refractivity contribution in [1.82, 2.24) is 0 Å². The van der Waals surface area contributed by atoms with Crippen LogP contribution in [0.25, 0.3) is 0 Å². The lowest BCUT2D eigenvalue weighted by atomic mass is 10.1. The number of anilines is 1. The first-order valence-corrected chi connectivity index (χ1v) is 6.96. The van der Waals surface area contributed by atoms with E-state index in [9.17, 15) is 13.2 Å². The minimum absolute atomic E-state index is 0.0187. The zero-order valence-corrected chi connectivity index (χ0v) is 10.5. The van der Waals surface area contributed by atoms with Gasteiger partial charge in [0, 0.05) is 0 Å². The zero-order valence-electron chi connectivity index (χ0n) is 9.64. The number of rotatable bonds is 6. The molecule has 0 aliphatic carbocycles. The predicted octanol–water partition coefficient (Wildman–Crippen LogP) is 0.866. The molecule has 5 nitrogen and oxygen atoms in total.